The van der Waals surface area contributed by atoms with Gasteiger partial charge in [0.05, 0.1) is 19.1 Å². The molecule has 0 unspecified atom stereocenters. The van der Waals surface area contributed by atoms with Crippen LogP contribution < -0.4 is 19.9 Å². The van der Waals surface area contributed by atoms with Crippen LogP contribution in [0, 0.1) is 5.82 Å². The fourth-order valence-electron chi connectivity index (χ4n) is 2.91. The van der Waals surface area contributed by atoms with Crippen LogP contribution >= 0.6 is 0 Å². The van der Waals surface area contributed by atoms with Gasteiger partial charge in [0.15, 0.2) is 0 Å². The summed E-state index contributed by atoms with van der Waals surface area (Å²) in [7, 11) is -0.985. The van der Waals surface area contributed by atoms with Gasteiger partial charge in [0, 0.05) is 35.0 Å². The molecule has 3 rings (SSSR count). The minimum atomic E-state index is -4.00. The largest absolute Gasteiger partial charge is 0.497 e. The number of benzene rings is 3. The number of nitrogen functional groups attached to an aromatic ring is 1. The van der Waals surface area contributed by atoms with E-state index in [1.807, 2.05) is 0 Å². The van der Waals surface area contributed by atoms with E-state index < -0.39 is 15.8 Å². The lowest BCUT2D eigenvalue weighted by molar-refractivity contribution is 0.390. The molecule has 6 nitrogen and oxygen atoms in total. The monoisotopic (exact) mass is 416 g/mol. The van der Waals surface area contributed by atoms with Gasteiger partial charge in [-0.2, -0.15) is 0 Å². The molecular formula is C21H21FN2O4S. The molecule has 0 heterocycles. The highest BCUT2D eigenvalue weighted by Crippen LogP contribution is 2.31. The Morgan fingerprint density at radius 1 is 0.966 bits per heavy atom. The molecule has 0 saturated carbocycles. The Bertz CT molecular complexity index is 1130. The second-order valence-electron chi connectivity index (χ2n) is 6.24. The summed E-state index contributed by atoms with van der Waals surface area (Å²) < 4.78 is 53.3. The van der Waals surface area contributed by atoms with Crippen molar-refractivity contribution < 1.29 is 22.3 Å². The molecule has 0 atom stereocenters. The molecule has 0 amide bonds. The lowest BCUT2D eigenvalue weighted by Gasteiger charge is -2.15. The highest BCUT2D eigenvalue weighted by Gasteiger charge is 2.22. The SMILES string of the molecule is COc1ccc(CNS(=O)(=O)c2cc(N)ccc2-c2ccccc2F)c(OC)c1. The van der Waals surface area contributed by atoms with E-state index in [4.69, 9.17) is 15.2 Å². The molecule has 29 heavy (non-hydrogen) atoms. The third-order valence-corrected chi connectivity index (χ3v) is 5.85. The van der Waals surface area contributed by atoms with Crippen molar-refractivity contribution in [1.29, 1.82) is 0 Å². The van der Waals surface area contributed by atoms with Crippen molar-refractivity contribution in [2.45, 2.75) is 11.4 Å². The summed E-state index contributed by atoms with van der Waals surface area (Å²) in [5.41, 5.74) is 7.09. The molecule has 8 heteroatoms. The van der Waals surface area contributed by atoms with Crippen molar-refractivity contribution >= 4 is 15.7 Å². The van der Waals surface area contributed by atoms with Crippen molar-refractivity contribution in [3.05, 3.63) is 72.0 Å². The van der Waals surface area contributed by atoms with Gasteiger partial charge in [-0.3, -0.25) is 0 Å². The van der Waals surface area contributed by atoms with Gasteiger partial charge >= 0.3 is 0 Å². The zero-order valence-electron chi connectivity index (χ0n) is 16.0. The van der Waals surface area contributed by atoms with Gasteiger partial charge in [-0.15, -0.1) is 0 Å². The van der Waals surface area contributed by atoms with Crippen LogP contribution in [0.5, 0.6) is 11.5 Å². The lowest BCUT2D eigenvalue weighted by Crippen LogP contribution is -2.24. The third kappa shape index (κ3) is 4.49. The number of methoxy groups -OCH3 is 2. The summed E-state index contributed by atoms with van der Waals surface area (Å²) in [6, 6.07) is 15.4. The first-order chi connectivity index (χ1) is 13.9. The Hall–Kier alpha value is -3.10. The molecule has 3 N–H and O–H groups in total. The zero-order chi connectivity index (χ0) is 21.0. The Labute approximate surface area is 169 Å². The van der Waals surface area contributed by atoms with Gasteiger partial charge in [0.25, 0.3) is 0 Å². The van der Waals surface area contributed by atoms with Crippen LogP contribution in [0.2, 0.25) is 0 Å². The van der Waals surface area contributed by atoms with Crippen molar-refractivity contribution in [3.8, 4) is 22.6 Å². The molecule has 0 aliphatic carbocycles. The van der Waals surface area contributed by atoms with E-state index in [-0.39, 0.29) is 28.3 Å². The highest BCUT2D eigenvalue weighted by molar-refractivity contribution is 7.89. The van der Waals surface area contributed by atoms with E-state index in [9.17, 15) is 12.8 Å². The number of sulfonamides is 1. The Kier molecular flexibility index (Phi) is 6.05. The number of anilines is 1. The van der Waals surface area contributed by atoms with E-state index >= 15 is 0 Å². The van der Waals surface area contributed by atoms with Gasteiger partial charge in [-0.25, -0.2) is 17.5 Å². The number of ether oxygens (including phenoxy) is 2. The van der Waals surface area contributed by atoms with E-state index in [0.717, 1.165) is 0 Å². The number of halogens is 1. The average molecular weight is 416 g/mol. The molecule has 0 radical (unpaired) electrons. The van der Waals surface area contributed by atoms with Crippen LogP contribution in [-0.4, -0.2) is 22.6 Å². The number of hydrogen-bond acceptors (Lipinski definition) is 5. The van der Waals surface area contributed by atoms with Gasteiger partial charge < -0.3 is 15.2 Å². The third-order valence-electron chi connectivity index (χ3n) is 4.41. The lowest BCUT2D eigenvalue weighted by atomic mass is 10.0. The maximum atomic E-state index is 14.3. The van der Waals surface area contributed by atoms with Crippen molar-refractivity contribution in [2.75, 3.05) is 20.0 Å². The van der Waals surface area contributed by atoms with E-state index in [0.29, 0.717) is 17.1 Å². The highest BCUT2D eigenvalue weighted by atomic mass is 32.2. The summed E-state index contributed by atoms with van der Waals surface area (Å²) in [6.45, 7) is -0.0268. The molecule has 0 spiro atoms. The summed E-state index contributed by atoms with van der Waals surface area (Å²) in [5, 5.41) is 0. The maximum Gasteiger partial charge on any atom is 0.241 e. The van der Waals surface area contributed by atoms with Crippen LogP contribution in [0.3, 0.4) is 0 Å². The first-order valence-corrected chi connectivity index (χ1v) is 10.2. The van der Waals surface area contributed by atoms with Gasteiger partial charge in [0.2, 0.25) is 10.0 Å². The fourth-order valence-corrected chi connectivity index (χ4v) is 4.17. The molecule has 0 aliphatic heterocycles. The second-order valence-corrected chi connectivity index (χ2v) is 7.97. The number of nitrogens with one attached hydrogen (secondary N) is 1. The number of nitrogens with two attached hydrogens (primary N) is 1. The maximum absolute atomic E-state index is 14.3. The molecule has 152 valence electrons. The quantitative estimate of drug-likeness (QED) is 0.575. The topological polar surface area (TPSA) is 90.7 Å². The molecule has 0 bridgehead atoms. The predicted octanol–water partition coefficient (Wildman–Crippen LogP) is 3.57. The van der Waals surface area contributed by atoms with Crippen LogP contribution in [0.4, 0.5) is 10.1 Å². The van der Waals surface area contributed by atoms with Crippen LogP contribution in [0.25, 0.3) is 11.1 Å². The minimum Gasteiger partial charge on any atom is -0.497 e. The van der Waals surface area contributed by atoms with Crippen molar-refractivity contribution in [3.63, 3.8) is 0 Å². The van der Waals surface area contributed by atoms with Gasteiger partial charge in [0.1, 0.15) is 17.3 Å². The van der Waals surface area contributed by atoms with Gasteiger partial charge in [-0.1, -0.05) is 30.3 Å². The van der Waals surface area contributed by atoms with Crippen molar-refractivity contribution in [2.24, 2.45) is 0 Å². The number of hydrogen-bond donors (Lipinski definition) is 2. The smallest absolute Gasteiger partial charge is 0.241 e. The molecule has 0 fully saturated rings. The fraction of sp³-hybridized carbons (Fsp3) is 0.143. The van der Waals surface area contributed by atoms with Crippen LogP contribution in [0.1, 0.15) is 5.56 Å². The first-order valence-electron chi connectivity index (χ1n) is 8.70. The van der Waals surface area contributed by atoms with E-state index in [1.165, 1.54) is 44.6 Å². The van der Waals surface area contributed by atoms with E-state index in [2.05, 4.69) is 4.72 Å². The summed E-state index contributed by atoms with van der Waals surface area (Å²) >= 11 is 0. The average Bonchev–Trinajstić information content (AvgIpc) is 2.72. The normalized spacial score (nSPS) is 11.3. The predicted molar refractivity (Wildman–Crippen MR) is 110 cm³/mol. The molecule has 0 saturated heterocycles. The van der Waals surface area contributed by atoms with E-state index in [1.54, 1.807) is 30.3 Å². The molecule has 3 aromatic rings. The summed E-state index contributed by atoms with van der Waals surface area (Å²) in [5.74, 6) is 0.547. The Morgan fingerprint density at radius 2 is 1.72 bits per heavy atom. The molecule has 0 aromatic heterocycles. The summed E-state index contributed by atoms with van der Waals surface area (Å²) in [4.78, 5) is -0.102. The molecular weight excluding hydrogens is 395 g/mol. The van der Waals surface area contributed by atoms with Crippen molar-refractivity contribution in [1.82, 2.24) is 4.72 Å². The Balaban J connectivity index is 1.97. The summed E-state index contributed by atoms with van der Waals surface area (Å²) in [6.07, 6.45) is 0. The van der Waals surface area contributed by atoms with Crippen LogP contribution in [-0.2, 0) is 16.6 Å². The van der Waals surface area contributed by atoms with Crippen LogP contribution in [0.15, 0.2) is 65.6 Å². The molecule has 0 aliphatic rings. The zero-order valence-corrected chi connectivity index (χ0v) is 16.8. The number of rotatable bonds is 7. The first kappa shape index (κ1) is 20.6. The molecule has 3 aromatic carbocycles. The Morgan fingerprint density at radius 3 is 2.41 bits per heavy atom. The second kappa shape index (κ2) is 8.50. The standard InChI is InChI=1S/C21H21FN2O4S/c1-27-16-9-7-14(20(12-16)28-2)13-24-29(25,26)21-11-15(23)8-10-18(21)17-5-3-4-6-19(17)22/h3-12,24H,13,23H2,1-2H3. The minimum absolute atomic E-state index is 0.0268. The van der Waals surface area contributed by atoms with Gasteiger partial charge in [-0.05, 0) is 24.3 Å².